The molecule has 7 nitrogen and oxygen atoms in total. The van der Waals surface area contributed by atoms with Crippen LogP contribution in [0, 0.1) is 0 Å². The maximum Gasteiger partial charge on any atom is 0.326 e. The van der Waals surface area contributed by atoms with Crippen LogP contribution in [-0.2, 0) is 14.3 Å². The summed E-state index contributed by atoms with van der Waals surface area (Å²) >= 11 is 1.19. The maximum absolute atomic E-state index is 12.2. The van der Waals surface area contributed by atoms with Gasteiger partial charge in [0, 0.05) is 24.9 Å². The summed E-state index contributed by atoms with van der Waals surface area (Å²) in [5.41, 5.74) is 3.43. The molecule has 2 unspecified atom stereocenters. The van der Waals surface area contributed by atoms with Gasteiger partial charge in [0.1, 0.15) is 0 Å². The molecule has 0 spiro atoms. The van der Waals surface area contributed by atoms with Gasteiger partial charge in [-0.3, -0.25) is 19.4 Å². The van der Waals surface area contributed by atoms with Crippen LogP contribution in [0.3, 0.4) is 0 Å². The van der Waals surface area contributed by atoms with Crippen LogP contribution >= 0.6 is 11.8 Å². The molecule has 2 atom stereocenters. The van der Waals surface area contributed by atoms with Gasteiger partial charge in [-0.1, -0.05) is 37.3 Å². The third-order valence-corrected chi connectivity index (χ3v) is 6.55. The highest BCUT2D eigenvalue weighted by molar-refractivity contribution is 8.00. The second kappa shape index (κ2) is 12.4. The number of hydrogen-bond donors (Lipinski definition) is 1. The molecule has 1 heterocycles. The van der Waals surface area contributed by atoms with E-state index in [0.717, 1.165) is 23.4 Å². The smallest absolute Gasteiger partial charge is 0.326 e. The lowest BCUT2D eigenvalue weighted by Crippen LogP contribution is -2.31. The van der Waals surface area contributed by atoms with Crippen molar-refractivity contribution >= 4 is 40.8 Å². The van der Waals surface area contributed by atoms with Crippen LogP contribution < -0.4 is 10.3 Å². The van der Waals surface area contributed by atoms with Crippen molar-refractivity contribution in [1.82, 2.24) is 5.32 Å². The molecule has 2 aromatic rings. The number of amides is 1. The highest BCUT2D eigenvalue weighted by Gasteiger charge is 2.30. The quantitative estimate of drug-likeness (QED) is 0.385. The number of hydrazone groups is 1. The number of para-hydroxylation sites is 1. The molecule has 0 saturated carbocycles. The van der Waals surface area contributed by atoms with Crippen molar-refractivity contribution in [3.05, 3.63) is 65.7 Å². The van der Waals surface area contributed by atoms with Crippen molar-refractivity contribution in [2.75, 3.05) is 24.4 Å². The van der Waals surface area contributed by atoms with E-state index in [1.807, 2.05) is 66.5 Å². The standard InChI is InChI=1S/C26H31N3O4S/c1-4-15-27-25(31)20-12-10-19(11-13-20)23-17-22(29(28-23)21-8-6-5-7-9-21)14-16-33-26(32)24(34-3)18(2)30/h5-13,22,24H,4,14-17H2,1-3H3,(H,27,31). The molecule has 8 heteroatoms. The number of carbonyl (C=O) groups is 3. The van der Waals surface area contributed by atoms with Gasteiger partial charge in [-0.2, -0.15) is 5.10 Å². The van der Waals surface area contributed by atoms with Crippen LogP contribution in [-0.4, -0.2) is 54.1 Å². The van der Waals surface area contributed by atoms with Crippen molar-refractivity contribution in [1.29, 1.82) is 0 Å². The molecular weight excluding hydrogens is 450 g/mol. The monoisotopic (exact) mass is 481 g/mol. The van der Waals surface area contributed by atoms with E-state index in [2.05, 4.69) is 5.32 Å². The highest BCUT2D eigenvalue weighted by atomic mass is 32.2. The number of benzene rings is 2. The molecule has 0 saturated heterocycles. The van der Waals surface area contributed by atoms with Gasteiger partial charge in [-0.05, 0) is 49.4 Å². The first-order valence-corrected chi connectivity index (χ1v) is 12.7. The van der Waals surface area contributed by atoms with E-state index in [1.54, 1.807) is 6.26 Å². The van der Waals surface area contributed by atoms with Gasteiger partial charge in [0.05, 0.1) is 24.0 Å². The van der Waals surface area contributed by atoms with Gasteiger partial charge in [-0.25, -0.2) is 0 Å². The molecule has 180 valence electrons. The number of hydrogen-bond acceptors (Lipinski definition) is 7. The van der Waals surface area contributed by atoms with Crippen LogP contribution in [0.2, 0.25) is 0 Å². The van der Waals surface area contributed by atoms with Crippen molar-refractivity contribution in [3.63, 3.8) is 0 Å². The largest absolute Gasteiger partial charge is 0.464 e. The summed E-state index contributed by atoms with van der Waals surface area (Å²) in [6.45, 7) is 4.27. The highest BCUT2D eigenvalue weighted by Crippen LogP contribution is 2.28. The van der Waals surface area contributed by atoms with E-state index < -0.39 is 11.2 Å². The topological polar surface area (TPSA) is 88.1 Å². The lowest BCUT2D eigenvalue weighted by Gasteiger charge is -2.23. The first-order chi connectivity index (χ1) is 16.4. The lowest BCUT2D eigenvalue weighted by atomic mass is 10.0. The van der Waals surface area contributed by atoms with Gasteiger partial charge < -0.3 is 10.1 Å². The SMILES string of the molecule is CCCNC(=O)c1ccc(C2=NN(c3ccccc3)C(CCOC(=O)C(SC)C(C)=O)C2)cc1. The summed E-state index contributed by atoms with van der Waals surface area (Å²) < 4.78 is 5.42. The Balaban J connectivity index is 1.71. The minimum Gasteiger partial charge on any atom is -0.464 e. The fraction of sp³-hybridized carbons (Fsp3) is 0.385. The van der Waals surface area contributed by atoms with Crippen LogP contribution in [0.4, 0.5) is 5.69 Å². The molecule has 1 aliphatic heterocycles. The minimum atomic E-state index is -0.784. The Morgan fingerprint density at radius 3 is 2.47 bits per heavy atom. The van der Waals surface area contributed by atoms with Crippen molar-refractivity contribution in [3.8, 4) is 0 Å². The predicted octanol–water partition coefficient (Wildman–Crippen LogP) is 4.06. The van der Waals surface area contributed by atoms with Crippen LogP contribution in [0.5, 0.6) is 0 Å². The molecule has 0 aliphatic carbocycles. The Morgan fingerprint density at radius 1 is 1.15 bits per heavy atom. The van der Waals surface area contributed by atoms with Crippen LogP contribution in [0.15, 0.2) is 59.7 Å². The van der Waals surface area contributed by atoms with E-state index in [0.29, 0.717) is 24.9 Å². The number of Topliss-reactive ketones (excluding diaryl/α,β-unsaturated/α-hetero) is 1. The summed E-state index contributed by atoms with van der Waals surface area (Å²) in [6, 6.07) is 17.3. The third kappa shape index (κ3) is 6.47. The van der Waals surface area contributed by atoms with Gasteiger partial charge >= 0.3 is 5.97 Å². The first kappa shape index (κ1) is 25.5. The number of ether oxygens (including phenoxy) is 1. The number of carbonyl (C=O) groups excluding carboxylic acids is 3. The zero-order valence-corrected chi connectivity index (χ0v) is 20.6. The zero-order valence-electron chi connectivity index (χ0n) is 19.8. The van der Waals surface area contributed by atoms with Crippen LogP contribution in [0.1, 0.15) is 49.0 Å². The molecule has 1 aliphatic rings. The average molecular weight is 482 g/mol. The molecule has 3 rings (SSSR count). The Hall–Kier alpha value is -3.13. The molecule has 0 radical (unpaired) electrons. The number of rotatable bonds is 11. The second-order valence-corrected chi connectivity index (χ2v) is 9.04. The van der Waals surface area contributed by atoms with E-state index in [-0.39, 0.29) is 24.3 Å². The number of ketones is 1. The van der Waals surface area contributed by atoms with Gasteiger partial charge in [0.15, 0.2) is 11.0 Å². The van der Waals surface area contributed by atoms with E-state index >= 15 is 0 Å². The number of anilines is 1. The summed E-state index contributed by atoms with van der Waals surface area (Å²) in [7, 11) is 0. The molecule has 1 amide bonds. The normalized spacial score (nSPS) is 16.0. The Bertz CT molecular complexity index is 1020. The Kier molecular flexibility index (Phi) is 9.27. The van der Waals surface area contributed by atoms with Gasteiger partial charge in [0.2, 0.25) is 0 Å². The van der Waals surface area contributed by atoms with E-state index in [1.165, 1.54) is 18.7 Å². The summed E-state index contributed by atoms with van der Waals surface area (Å²) in [5.74, 6) is -0.787. The van der Waals surface area contributed by atoms with Crippen LogP contribution in [0.25, 0.3) is 0 Å². The lowest BCUT2D eigenvalue weighted by molar-refractivity contribution is -0.145. The molecular formula is C26H31N3O4S. The number of thioether (sulfide) groups is 1. The minimum absolute atomic E-state index is 0.00258. The summed E-state index contributed by atoms with van der Waals surface area (Å²) in [4.78, 5) is 36.1. The number of nitrogens with one attached hydrogen (secondary N) is 1. The molecule has 0 fully saturated rings. The van der Waals surface area contributed by atoms with Crippen molar-refractivity contribution in [2.45, 2.75) is 44.4 Å². The molecule has 1 N–H and O–H groups in total. The summed E-state index contributed by atoms with van der Waals surface area (Å²) in [5, 5.41) is 8.92. The fourth-order valence-electron chi connectivity index (χ4n) is 3.77. The van der Waals surface area contributed by atoms with E-state index in [9.17, 15) is 14.4 Å². The van der Waals surface area contributed by atoms with Gasteiger partial charge in [0.25, 0.3) is 5.91 Å². The number of nitrogens with zero attached hydrogens (tertiary/aromatic N) is 2. The summed E-state index contributed by atoms with van der Waals surface area (Å²) in [6.07, 6.45) is 3.86. The van der Waals surface area contributed by atoms with E-state index in [4.69, 9.17) is 9.84 Å². The zero-order chi connectivity index (χ0) is 24.5. The Labute approximate surface area is 204 Å². The number of esters is 1. The van der Waals surface area contributed by atoms with Crippen molar-refractivity contribution in [2.24, 2.45) is 5.10 Å². The fourth-order valence-corrected chi connectivity index (χ4v) is 4.36. The van der Waals surface area contributed by atoms with Gasteiger partial charge in [-0.15, -0.1) is 11.8 Å². The van der Waals surface area contributed by atoms with Crippen molar-refractivity contribution < 1.29 is 19.1 Å². The Morgan fingerprint density at radius 2 is 1.85 bits per heavy atom. The predicted molar refractivity (Wildman–Crippen MR) is 136 cm³/mol. The molecule has 2 aromatic carbocycles. The molecule has 34 heavy (non-hydrogen) atoms. The molecule has 0 aromatic heterocycles. The molecule has 0 bridgehead atoms. The second-order valence-electron chi connectivity index (χ2n) is 8.10. The first-order valence-electron chi connectivity index (χ1n) is 11.4. The third-order valence-electron chi connectivity index (χ3n) is 5.55. The average Bonchev–Trinajstić information content (AvgIpc) is 3.27. The maximum atomic E-state index is 12.2.